The molecule has 32 heavy (non-hydrogen) atoms. The molecule has 0 aliphatic heterocycles. The molecule has 2 N–H and O–H groups in total. The number of benzene rings is 3. The van der Waals surface area contributed by atoms with Gasteiger partial charge in [0.15, 0.2) is 18.1 Å². The quantitative estimate of drug-likeness (QED) is 0.512. The summed E-state index contributed by atoms with van der Waals surface area (Å²) < 4.78 is 38.3. The minimum atomic E-state index is -3.87. The molecule has 0 heterocycles. The number of nitrogens with one attached hydrogen (secondary N) is 2. The Morgan fingerprint density at radius 3 is 2.47 bits per heavy atom. The molecule has 10 heteroatoms. The molecule has 0 aliphatic carbocycles. The standard InChI is InChI=1S/C22H18ClN3O5S/c1-30-21-11-15(13-24)5-10-20(21)31-14-22(27)25-18-3-2-4-19(12-18)32(28,29)26-17-8-6-16(23)7-9-17/h2-12,26H,14H2,1H3,(H,25,27). The average Bonchev–Trinajstić information content (AvgIpc) is 2.79. The highest BCUT2D eigenvalue weighted by Gasteiger charge is 2.16. The number of rotatable bonds is 8. The second-order valence-corrected chi connectivity index (χ2v) is 8.57. The number of sulfonamides is 1. The summed E-state index contributed by atoms with van der Waals surface area (Å²) in [6.07, 6.45) is 0. The molecule has 0 spiro atoms. The Bertz CT molecular complexity index is 1270. The van der Waals surface area contributed by atoms with E-state index in [0.29, 0.717) is 27.8 Å². The number of carbonyl (C=O) groups is 1. The molecule has 0 unspecified atom stereocenters. The van der Waals surface area contributed by atoms with Crippen LogP contribution in [0.4, 0.5) is 11.4 Å². The second kappa shape index (κ2) is 10.0. The number of hydrogen-bond donors (Lipinski definition) is 2. The van der Waals surface area contributed by atoms with Crippen molar-refractivity contribution in [3.63, 3.8) is 0 Å². The molecule has 0 saturated carbocycles. The highest BCUT2D eigenvalue weighted by molar-refractivity contribution is 7.92. The van der Waals surface area contributed by atoms with Crippen LogP contribution in [-0.4, -0.2) is 28.0 Å². The molecule has 0 aliphatic rings. The fraction of sp³-hybridized carbons (Fsp3) is 0.0909. The summed E-state index contributed by atoms with van der Waals surface area (Å²) in [7, 11) is -2.45. The zero-order valence-electron chi connectivity index (χ0n) is 16.8. The van der Waals surface area contributed by atoms with Crippen molar-refractivity contribution in [1.29, 1.82) is 5.26 Å². The highest BCUT2D eigenvalue weighted by atomic mass is 35.5. The zero-order chi connectivity index (χ0) is 23.1. The molecule has 0 radical (unpaired) electrons. The summed E-state index contributed by atoms with van der Waals surface area (Å²) in [6.45, 7) is -0.345. The molecule has 8 nitrogen and oxygen atoms in total. The molecule has 0 aromatic heterocycles. The van der Waals surface area contributed by atoms with Crippen LogP contribution in [0.3, 0.4) is 0 Å². The summed E-state index contributed by atoms with van der Waals surface area (Å²) in [5.41, 5.74) is 1.03. The zero-order valence-corrected chi connectivity index (χ0v) is 18.4. The first-order valence-corrected chi connectivity index (χ1v) is 11.1. The molecular formula is C22H18ClN3O5S. The van der Waals surface area contributed by atoms with E-state index in [0.717, 1.165) is 0 Å². The maximum atomic E-state index is 12.6. The lowest BCUT2D eigenvalue weighted by Gasteiger charge is -2.12. The molecule has 0 atom stereocenters. The van der Waals surface area contributed by atoms with Gasteiger partial charge < -0.3 is 14.8 Å². The number of halogens is 1. The Hall–Kier alpha value is -3.74. The summed E-state index contributed by atoms with van der Waals surface area (Å²) in [5.74, 6) is 0.111. The van der Waals surface area contributed by atoms with Gasteiger partial charge in [-0.3, -0.25) is 9.52 Å². The number of hydrogen-bond acceptors (Lipinski definition) is 6. The van der Waals surface area contributed by atoms with Gasteiger partial charge in [-0.2, -0.15) is 5.26 Å². The topological polar surface area (TPSA) is 118 Å². The molecular weight excluding hydrogens is 454 g/mol. The third-order valence-corrected chi connectivity index (χ3v) is 5.81. The van der Waals surface area contributed by atoms with E-state index >= 15 is 0 Å². The van der Waals surface area contributed by atoms with Crippen molar-refractivity contribution >= 4 is 38.9 Å². The molecule has 0 bridgehead atoms. The first-order valence-electron chi connectivity index (χ1n) is 9.20. The van der Waals surface area contributed by atoms with Crippen molar-refractivity contribution in [3.05, 3.63) is 77.3 Å². The Balaban J connectivity index is 1.66. The molecule has 164 valence electrons. The van der Waals surface area contributed by atoms with Crippen molar-refractivity contribution in [2.45, 2.75) is 4.90 Å². The van der Waals surface area contributed by atoms with Gasteiger partial charge in [0.05, 0.1) is 23.6 Å². The lowest BCUT2D eigenvalue weighted by molar-refractivity contribution is -0.118. The second-order valence-electron chi connectivity index (χ2n) is 6.45. The minimum Gasteiger partial charge on any atom is -0.493 e. The number of methoxy groups -OCH3 is 1. The summed E-state index contributed by atoms with van der Waals surface area (Å²) in [5, 5.41) is 12.0. The van der Waals surface area contributed by atoms with E-state index in [1.165, 1.54) is 43.5 Å². The summed E-state index contributed by atoms with van der Waals surface area (Å²) in [4.78, 5) is 12.3. The Morgan fingerprint density at radius 2 is 1.78 bits per heavy atom. The van der Waals surface area contributed by atoms with Crippen LogP contribution in [0.15, 0.2) is 71.6 Å². The predicted molar refractivity (Wildman–Crippen MR) is 121 cm³/mol. The van der Waals surface area contributed by atoms with Gasteiger partial charge in [-0.25, -0.2) is 8.42 Å². The third kappa shape index (κ3) is 5.91. The van der Waals surface area contributed by atoms with Crippen LogP contribution in [0, 0.1) is 11.3 Å². The van der Waals surface area contributed by atoms with Gasteiger partial charge in [-0.05, 0) is 54.6 Å². The van der Waals surface area contributed by atoms with Crippen molar-refractivity contribution in [1.82, 2.24) is 0 Å². The molecule has 3 aromatic rings. The van der Waals surface area contributed by atoms with Crippen molar-refractivity contribution < 1.29 is 22.7 Å². The Morgan fingerprint density at radius 1 is 1.03 bits per heavy atom. The fourth-order valence-corrected chi connectivity index (χ4v) is 3.90. The van der Waals surface area contributed by atoms with E-state index in [1.54, 1.807) is 30.3 Å². The highest BCUT2D eigenvalue weighted by Crippen LogP contribution is 2.28. The predicted octanol–water partition coefficient (Wildman–Crippen LogP) is 4.04. The number of amides is 1. The van der Waals surface area contributed by atoms with E-state index in [1.807, 2.05) is 6.07 Å². The van der Waals surface area contributed by atoms with Crippen LogP contribution < -0.4 is 19.5 Å². The van der Waals surface area contributed by atoms with Crippen molar-refractivity contribution in [2.75, 3.05) is 23.8 Å². The van der Waals surface area contributed by atoms with Crippen LogP contribution in [0.25, 0.3) is 0 Å². The summed E-state index contributed by atoms with van der Waals surface area (Å²) >= 11 is 5.82. The van der Waals surface area contributed by atoms with Gasteiger partial charge in [0.1, 0.15) is 0 Å². The first kappa shape index (κ1) is 22.9. The van der Waals surface area contributed by atoms with Crippen LogP contribution in [0.2, 0.25) is 5.02 Å². The molecule has 3 rings (SSSR count). The van der Waals surface area contributed by atoms with Gasteiger partial charge >= 0.3 is 0 Å². The lowest BCUT2D eigenvalue weighted by Crippen LogP contribution is -2.20. The van der Waals surface area contributed by atoms with E-state index in [2.05, 4.69) is 10.0 Å². The number of carbonyl (C=O) groups excluding carboxylic acids is 1. The van der Waals surface area contributed by atoms with E-state index in [-0.39, 0.29) is 17.2 Å². The van der Waals surface area contributed by atoms with E-state index in [4.69, 9.17) is 26.3 Å². The normalized spacial score (nSPS) is 10.7. The average molecular weight is 472 g/mol. The number of nitrogens with zero attached hydrogens (tertiary/aromatic N) is 1. The van der Waals surface area contributed by atoms with Crippen LogP contribution in [-0.2, 0) is 14.8 Å². The monoisotopic (exact) mass is 471 g/mol. The van der Waals surface area contributed by atoms with Gasteiger partial charge in [0.25, 0.3) is 15.9 Å². The van der Waals surface area contributed by atoms with Gasteiger partial charge in [0, 0.05) is 22.5 Å². The van der Waals surface area contributed by atoms with Crippen LogP contribution in [0.1, 0.15) is 5.56 Å². The Kier molecular flexibility index (Phi) is 7.20. The maximum Gasteiger partial charge on any atom is 0.262 e. The molecule has 1 amide bonds. The number of ether oxygens (including phenoxy) is 2. The number of anilines is 2. The van der Waals surface area contributed by atoms with Crippen LogP contribution in [0.5, 0.6) is 11.5 Å². The minimum absolute atomic E-state index is 0.0278. The number of nitriles is 1. The fourth-order valence-electron chi connectivity index (χ4n) is 2.67. The van der Waals surface area contributed by atoms with Crippen LogP contribution >= 0.6 is 11.6 Å². The molecule has 0 saturated heterocycles. The Labute approximate surface area is 190 Å². The van der Waals surface area contributed by atoms with Crippen molar-refractivity contribution in [3.8, 4) is 17.6 Å². The van der Waals surface area contributed by atoms with Gasteiger partial charge in [-0.15, -0.1) is 0 Å². The van der Waals surface area contributed by atoms with Crippen molar-refractivity contribution in [2.24, 2.45) is 0 Å². The maximum absolute atomic E-state index is 12.6. The lowest BCUT2D eigenvalue weighted by atomic mass is 10.2. The van der Waals surface area contributed by atoms with Gasteiger partial charge in [0.2, 0.25) is 0 Å². The molecule has 0 fully saturated rings. The first-order chi connectivity index (χ1) is 15.3. The SMILES string of the molecule is COc1cc(C#N)ccc1OCC(=O)Nc1cccc(S(=O)(=O)Nc2ccc(Cl)cc2)c1. The molecule has 3 aromatic carbocycles. The van der Waals surface area contributed by atoms with Gasteiger partial charge in [-0.1, -0.05) is 17.7 Å². The van der Waals surface area contributed by atoms with E-state index in [9.17, 15) is 13.2 Å². The third-order valence-electron chi connectivity index (χ3n) is 4.18. The van der Waals surface area contributed by atoms with E-state index < -0.39 is 15.9 Å². The summed E-state index contributed by atoms with van der Waals surface area (Å²) in [6, 6.07) is 18.6. The smallest absolute Gasteiger partial charge is 0.262 e. The largest absolute Gasteiger partial charge is 0.493 e.